The molecule has 0 bridgehead atoms. The highest BCUT2D eigenvalue weighted by atomic mass is 35.5. The molecule has 0 atom stereocenters. The second kappa shape index (κ2) is 9.88. The number of benzene rings is 3. The Morgan fingerprint density at radius 2 is 1.60 bits per heavy atom. The average molecular weight is 581 g/mol. The minimum Gasteiger partial charge on any atom is -0.490 e. The number of ether oxygens (including phenoxy) is 1. The Morgan fingerprint density at radius 3 is 2.20 bits per heavy atom. The molecule has 1 amide bonds. The van der Waals surface area contributed by atoms with Gasteiger partial charge in [-0.2, -0.15) is 26.3 Å². The fourth-order valence-electron chi connectivity index (χ4n) is 4.82. The molecule has 0 fully saturated rings. The van der Waals surface area contributed by atoms with E-state index < -0.39 is 47.1 Å². The Kier molecular flexibility index (Phi) is 6.81. The Bertz CT molecular complexity index is 1660. The van der Waals surface area contributed by atoms with Crippen molar-refractivity contribution in [2.45, 2.75) is 25.4 Å². The first-order valence-corrected chi connectivity index (χ1v) is 12.3. The summed E-state index contributed by atoms with van der Waals surface area (Å²) in [6.07, 6.45) is -10.1. The van der Waals surface area contributed by atoms with Crippen LogP contribution in [0.2, 0.25) is 5.02 Å². The number of aromatic nitrogens is 1. The van der Waals surface area contributed by atoms with Crippen molar-refractivity contribution >= 4 is 28.4 Å². The Hall–Kier alpha value is -3.99. The summed E-state index contributed by atoms with van der Waals surface area (Å²) in [5.41, 5.74) is -3.15. The first kappa shape index (κ1) is 27.6. The average Bonchev–Trinajstić information content (AvgIpc) is 2.89. The fourth-order valence-corrected chi connectivity index (χ4v) is 4.95. The highest BCUT2D eigenvalue weighted by Crippen LogP contribution is 2.38. The third kappa shape index (κ3) is 5.01. The van der Waals surface area contributed by atoms with Crippen molar-refractivity contribution in [3.8, 4) is 16.9 Å². The quantitative estimate of drug-likeness (QED) is 0.244. The van der Waals surface area contributed by atoms with Crippen molar-refractivity contribution in [2.75, 3.05) is 13.7 Å². The van der Waals surface area contributed by atoms with Crippen LogP contribution in [0.25, 0.3) is 22.0 Å². The highest BCUT2D eigenvalue weighted by molar-refractivity contribution is 6.30. The first-order valence-electron chi connectivity index (χ1n) is 11.9. The maximum atomic E-state index is 13.8. The molecule has 0 unspecified atom stereocenters. The van der Waals surface area contributed by atoms with Crippen LogP contribution in [-0.2, 0) is 25.4 Å². The molecule has 0 radical (unpaired) electrons. The van der Waals surface area contributed by atoms with Crippen LogP contribution < -0.4 is 10.3 Å². The molecular formula is C28H19ClF6N2O3. The smallest absolute Gasteiger partial charge is 0.416 e. The zero-order valence-electron chi connectivity index (χ0n) is 20.7. The number of nitrogens with zero attached hydrogens (tertiary/aromatic N) is 2. The van der Waals surface area contributed by atoms with Crippen molar-refractivity contribution in [1.29, 1.82) is 0 Å². The van der Waals surface area contributed by atoms with Gasteiger partial charge in [0.05, 0.1) is 23.2 Å². The highest BCUT2D eigenvalue weighted by Gasteiger charge is 2.37. The van der Waals surface area contributed by atoms with Crippen LogP contribution in [0.15, 0.2) is 65.5 Å². The SMILES string of the molecule is CN(Cc1cc(C(F)(F)F)cc(C(F)(F)F)c1)C(=O)c1c(-c2ccc(Cl)cc2)c2cccc3c2n(c1=O)CCO3. The van der Waals surface area contributed by atoms with E-state index in [1.807, 2.05) is 0 Å². The number of halogens is 7. The van der Waals surface area contributed by atoms with Gasteiger partial charge >= 0.3 is 12.4 Å². The lowest BCUT2D eigenvalue weighted by molar-refractivity contribution is -0.143. The van der Waals surface area contributed by atoms with Crippen LogP contribution in [-0.4, -0.2) is 29.0 Å². The Balaban J connectivity index is 1.66. The zero-order valence-corrected chi connectivity index (χ0v) is 21.4. The maximum Gasteiger partial charge on any atom is 0.416 e. The molecule has 12 heteroatoms. The van der Waals surface area contributed by atoms with Gasteiger partial charge in [0.25, 0.3) is 11.5 Å². The van der Waals surface area contributed by atoms with Gasteiger partial charge in [0.2, 0.25) is 0 Å². The molecular weight excluding hydrogens is 562 g/mol. The summed E-state index contributed by atoms with van der Waals surface area (Å²) in [6.45, 7) is -0.313. The third-order valence-corrected chi connectivity index (χ3v) is 6.83. The monoisotopic (exact) mass is 580 g/mol. The summed E-state index contributed by atoms with van der Waals surface area (Å²) < 4.78 is 87.4. The normalized spacial score (nSPS) is 13.3. The topological polar surface area (TPSA) is 51.5 Å². The minimum atomic E-state index is -5.04. The predicted molar refractivity (Wildman–Crippen MR) is 136 cm³/mol. The molecule has 1 aromatic heterocycles. The lowest BCUT2D eigenvalue weighted by Gasteiger charge is -2.25. The van der Waals surface area contributed by atoms with Gasteiger partial charge < -0.3 is 14.2 Å². The number of amides is 1. The minimum absolute atomic E-state index is 0.0179. The van der Waals surface area contributed by atoms with Gasteiger partial charge in [-0.05, 0) is 47.5 Å². The van der Waals surface area contributed by atoms with E-state index in [9.17, 15) is 35.9 Å². The molecule has 5 rings (SSSR count). The summed E-state index contributed by atoms with van der Waals surface area (Å²) in [7, 11) is 1.21. The molecule has 1 aliphatic heterocycles. The van der Waals surface area contributed by atoms with Crippen LogP contribution in [0.4, 0.5) is 26.3 Å². The van der Waals surface area contributed by atoms with Crippen molar-refractivity contribution < 1.29 is 35.9 Å². The molecule has 0 spiro atoms. The van der Waals surface area contributed by atoms with Crippen LogP contribution >= 0.6 is 11.6 Å². The summed E-state index contributed by atoms with van der Waals surface area (Å²) >= 11 is 6.04. The lowest BCUT2D eigenvalue weighted by Crippen LogP contribution is -2.37. The molecule has 5 nitrogen and oxygen atoms in total. The zero-order chi connectivity index (χ0) is 29.0. The molecule has 3 aromatic carbocycles. The van der Waals surface area contributed by atoms with E-state index in [0.717, 1.165) is 4.90 Å². The number of rotatable bonds is 4. The fraction of sp³-hybridized carbons (Fsp3) is 0.214. The van der Waals surface area contributed by atoms with Crippen LogP contribution in [0.5, 0.6) is 5.75 Å². The second-order valence-electron chi connectivity index (χ2n) is 9.29. The molecule has 4 aromatic rings. The van der Waals surface area contributed by atoms with Crippen molar-refractivity contribution in [1.82, 2.24) is 9.47 Å². The molecule has 0 N–H and O–H groups in total. The van der Waals surface area contributed by atoms with Crippen molar-refractivity contribution in [3.05, 3.63) is 98.3 Å². The van der Waals surface area contributed by atoms with Crippen LogP contribution in [0.3, 0.4) is 0 Å². The summed E-state index contributed by atoms with van der Waals surface area (Å²) in [5.74, 6) is -0.435. The Morgan fingerprint density at radius 1 is 0.975 bits per heavy atom. The third-order valence-electron chi connectivity index (χ3n) is 6.58. The van der Waals surface area contributed by atoms with E-state index >= 15 is 0 Å². The van der Waals surface area contributed by atoms with E-state index in [2.05, 4.69) is 0 Å². The lowest BCUT2D eigenvalue weighted by atomic mass is 9.94. The maximum absolute atomic E-state index is 13.8. The predicted octanol–water partition coefficient (Wildman–Crippen LogP) is 7.02. The van der Waals surface area contributed by atoms with Gasteiger partial charge in [-0.3, -0.25) is 9.59 Å². The molecule has 0 saturated heterocycles. The van der Waals surface area contributed by atoms with Crippen molar-refractivity contribution in [3.63, 3.8) is 0 Å². The number of hydrogen-bond donors (Lipinski definition) is 0. The number of para-hydroxylation sites is 1. The van der Waals surface area contributed by atoms with E-state index in [0.29, 0.717) is 39.4 Å². The van der Waals surface area contributed by atoms with E-state index in [1.54, 1.807) is 42.5 Å². The number of carbonyl (C=O) groups is 1. The number of carbonyl (C=O) groups excluding carboxylic acids is 1. The van der Waals surface area contributed by atoms with Gasteiger partial charge in [0.15, 0.2) is 0 Å². The van der Waals surface area contributed by atoms with E-state index in [4.69, 9.17) is 16.3 Å². The second-order valence-corrected chi connectivity index (χ2v) is 9.73. The van der Waals surface area contributed by atoms with E-state index in [1.165, 1.54) is 11.6 Å². The van der Waals surface area contributed by atoms with Gasteiger partial charge in [0, 0.05) is 29.6 Å². The standard InChI is InChI=1S/C28H19ClF6N2O3/c1-36(14-15-11-17(27(30,31)32)13-18(12-15)28(33,34)35)25(38)23-22(16-5-7-19(29)8-6-16)20-3-2-4-21-24(20)37(26(23)39)9-10-40-21/h2-8,11-13H,9-10,14H2,1H3. The van der Waals surface area contributed by atoms with Gasteiger partial charge in [-0.1, -0.05) is 35.9 Å². The summed E-state index contributed by atoms with van der Waals surface area (Å²) in [5, 5.41) is 0.913. The van der Waals surface area contributed by atoms with Crippen LogP contribution in [0, 0.1) is 0 Å². The molecule has 208 valence electrons. The number of pyridine rings is 1. The Labute approximate surface area is 228 Å². The largest absolute Gasteiger partial charge is 0.490 e. The number of hydrogen-bond acceptors (Lipinski definition) is 3. The van der Waals surface area contributed by atoms with Crippen LogP contribution in [0.1, 0.15) is 27.0 Å². The van der Waals surface area contributed by atoms with Crippen molar-refractivity contribution in [2.24, 2.45) is 0 Å². The van der Waals surface area contributed by atoms with E-state index in [-0.39, 0.29) is 30.3 Å². The molecule has 0 saturated carbocycles. The molecule has 2 heterocycles. The molecule has 0 aliphatic carbocycles. The molecule has 1 aliphatic rings. The summed E-state index contributed by atoms with van der Waals surface area (Å²) in [4.78, 5) is 28.5. The van der Waals surface area contributed by atoms with Gasteiger partial charge in [-0.25, -0.2) is 0 Å². The van der Waals surface area contributed by atoms with Gasteiger partial charge in [0.1, 0.15) is 17.9 Å². The first-order chi connectivity index (χ1) is 18.8. The molecule has 40 heavy (non-hydrogen) atoms. The van der Waals surface area contributed by atoms with Gasteiger partial charge in [-0.15, -0.1) is 0 Å². The summed E-state index contributed by atoms with van der Waals surface area (Å²) in [6, 6.07) is 12.6. The number of alkyl halides is 6.